The van der Waals surface area contributed by atoms with Gasteiger partial charge in [0, 0.05) is 31.3 Å². The van der Waals surface area contributed by atoms with Gasteiger partial charge in [-0.1, -0.05) is 11.8 Å². The number of nitrogens with one attached hydrogen (secondary N) is 1. The lowest BCUT2D eigenvalue weighted by Crippen LogP contribution is -2.26. The second-order valence-corrected chi connectivity index (χ2v) is 5.85. The summed E-state index contributed by atoms with van der Waals surface area (Å²) in [6, 6.07) is 1.85. The topological polar surface area (TPSA) is 79.0 Å². The maximum Gasteiger partial charge on any atom is 0.229 e. The van der Waals surface area contributed by atoms with Gasteiger partial charge < -0.3 is 4.98 Å². The van der Waals surface area contributed by atoms with Gasteiger partial charge in [0.25, 0.3) is 0 Å². The number of aromatic nitrogens is 3. The van der Waals surface area contributed by atoms with Gasteiger partial charge in [-0.3, -0.25) is 14.5 Å². The van der Waals surface area contributed by atoms with Crippen LogP contribution in [0, 0.1) is 0 Å². The molecule has 1 unspecified atom stereocenters. The van der Waals surface area contributed by atoms with E-state index in [0.717, 1.165) is 5.39 Å². The Kier molecular flexibility index (Phi) is 2.98. The number of fused-ring (bicyclic) bond motifs is 1. The first-order valence-corrected chi connectivity index (χ1v) is 6.79. The monoisotopic (exact) mass is 276 g/mol. The lowest BCUT2D eigenvalue weighted by molar-refractivity contribution is -0.117. The van der Waals surface area contributed by atoms with Gasteiger partial charge in [-0.25, -0.2) is 9.97 Å². The molecule has 98 valence electrons. The Balaban J connectivity index is 1.92. The number of carbonyl (C=O) groups is 2. The zero-order chi connectivity index (χ0) is 13.4. The molecule has 0 aromatic carbocycles. The van der Waals surface area contributed by atoms with Gasteiger partial charge in [-0.05, 0) is 6.07 Å². The van der Waals surface area contributed by atoms with Crippen LogP contribution < -0.4 is 4.90 Å². The predicted octanol–water partition coefficient (Wildman–Crippen LogP) is 1.34. The maximum absolute atomic E-state index is 12.1. The highest BCUT2D eigenvalue weighted by atomic mass is 32.2. The molecule has 1 amide bonds. The standard InChI is InChI=1S/C12H12N4O2S/c1-7(17)19-8-4-10(18)16(5-8)12-9-2-3-13-11(9)14-6-15-12/h2-3,6,8H,4-5H2,1H3,(H,13,14,15). The number of hydrogen-bond donors (Lipinski definition) is 1. The summed E-state index contributed by atoms with van der Waals surface area (Å²) >= 11 is 1.22. The van der Waals surface area contributed by atoms with Crippen LogP contribution in [-0.4, -0.2) is 37.8 Å². The highest BCUT2D eigenvalue weighted by Gasteiger charge is 2.33. The normalized spacial score (nSPS) is 19.3. The van der Waals surface area contributed by atoms with Crippen molar-refractivity contribution in [3.63, 3.8) is 0 Å². The van der Waals surface area contributed by atoms with Crippen molar-refractivity contribution < 1.29 is 9.59 Å². The van der Waals surface area contributed by atoms with Gasteiger partial charge in [0.05, 0.1) is 5.39 Å². The van der Waals surface area contributed by atoms with Crippen molar-refractivity contribution in [2.45, 2.75) is 18.6 Å². The number of amides is 1. The van der Waals surface area contributed by atoms with Crippen LogP contribution >= 0.6 is 11.8 Å². The SMILES string of the molecule is CC(=O)SC1CC(=O)N(c2ncnc3[nH]ccc23)C1. The van der Waals surface area contributed by atoms with Crippen LogP contribution in [0.25, 0.3) is 11.0 Å². The molecule has 1 aliphatic rings. The second kappa shape index (κ2) is 4.65. The van der Waals surface area contributed by atoms with E-state index in [1.165, 1.54) is 25.0 Å². The van der Waals surface area contributed by atoms with E-state index in [9.17, 15) is 9.59 Å². The fraction of sp³-hybridized carbons (Fsp3) is 0.333. The molecule has 1 N–H and O–H groups in total. The number of H-pyrrole nitrogens is 1. The van der Waals surface area contributed by atoms with E-state index in [2.05, 4.69) is 15.0 Å². The predicted molar refractivity (Wildman–Crippen MR) is 72.9 cm³/mol. The fourth-order valence-electron chi connectivity index (χ4n) is 2.27. The third-order valence-electron chi connectivity index (χ3n) is 3.01. The van der Waals surface area contributed by atoms with E-state index < -0.39 is 0 Å². The molecule has 1 aliphatic heterocycles. The van der Waals surface area contributed by atoms with Crippen LogP contribution in [0.15, 0.2) is 18.6 Å². The largest absolute Gasteiger partial charge is 0.346 e. The summed E-state index contributed by atoms with van der Waals surface area (Å²) in [7, 11) is 0. The average Bonchev–Trinajstić information content (AvgIpc) is 2.94. The summed E-state index contributed by atoms with van der Waals surface area (Å²) in [5, 5.41) is 0.868. The third kappa shape index (κ3) is 2.21. The Bertz CT molecular complexity index is 654. The van der Waals surface area contributed by atoms with Gasteiger partial charge in [0.1, 0.15) is 17.8 Å². The maximum atomic E-state index is 12.1. The first-order valence-electron chi connectivity index (χ1n) is 5.91. The summed E-state index contributed by atoms with van der Waals surface area (Å²) in [6.45, 7) is 2.03. The Morgan fingerprint density at radius 3 is 3.16 bits per heavy atom. The Morgan fingerprint density at radius 2 is 2.37 bits per heavy atom. The molecule has 0 saturated carbocycles. The van der Waals surface area contributed by atoms with Crippen molar-refractivity contribution in [2.75, 3.05) is 11.4 Å². The molecule has 0 spiro atoms. The van der Waals surface area contributed by atoms with Crippen LogP contribution in [0.3, 0.4) is 0 Å². The Hall–Kier alpha value is -1.89. The third-order valence-corrected chi connectivity index (χ3v) is 3.99. The molecule has 1 fully saturated rings. The number of hydrogen-bond acceptors (Lipinski definition) is 5. The van der Waals surface area contributed by atoms with Gasteiger partial charge in [0.15, 0.2) is 5.12 Å². The summed E-state index contributed by atoms with van der Waals surface area (Å²) < 4.78 is 0. The van der Waals surface area contributed by atoms with Crippen LogP contribution in [0.5, 0.6) is 0 Å². The lowest BCUT2D eigenvalue weighted by Gasteiger charge is -2.15. The smallest absolute Gasteiger partial charge is 0.229 e. The molecule has 3 heterocycles. The first kappa shape index (κ1) is 12.2. The highest BCUT2D eigenvalue weighted by Crippen LogP contribution is 2.30. The number of rotatable bonds is 2. The van der Waals surface area contributed by atoms with Crippen LogP contribution in [0.4, 0.5) is 5.82 Å². The number of nitrogens with zero attached hydrogens (tertiary/aromatic N) is 3. The van der Waals surface area contributed by atoms with E-state index in [4.69, 9.17) is 0 Å². The van der Waals surface area contributed by atoms with Crippen molar-refractivity contribution >= 4 is 39.6 Å². The van der Waals surface area contributed by atoms with Gasteiger partial charge in [-0.15, -0.1) is 0 Å². The van der Waals surface area contributed by atoms with Crippen LogP contribution in [-0.2, 0) is 9.59 Å². The molecule has 0 radical (unpaired) electrons. The molecule has 2 aromatic rings. The first-order chi connectivity index (χ1) is 9.15. The molecule has 7 heteroatoms. The summed E-state index contributed by atoms with van der Waals surface area (Å²) in [5.74, 6) is 0.614. The number of anilines is 1. The van der Waals surface area contributed by atoms with Crippen LogP contribution in [0.2, 0.25) is 0 Å². The van der Waals surface area contributed by atoms with E-state index in [-0.39, 0.29) is 16.3 Å². The molecule has 0 aliphatic carbocycles. The number of aromatic amines is 1. The van der Waals surface area contributed by atoms with Crippen molar-refractivity contribution in [3.8, 4) is 0 Å². The zero-order valence-electron chi connectivity index (χ0n) is 10.3. The lowest BCUT2D eigenvalue weighted by atomic mass is 10.3. The minimum Gasteiger partial charge on any atom is -0.346 e. The quantitative estimate of drug-likeness (QED) is 0.895. The van der Waals surface area contributed by atoms with Gasteiger partial charge in [-0.2, -0.15) is 0 Å². The summed E-state index contributed by atoms with van der Waals surface area (Å²) in [5.41, 5.74) is 0.709. The second-order valence-electron chi connectivity index (χ2n) is 4.38. The van der Waals surface area contributed by atoms with Gasteiger partial charge in [0.2, 0.25) is 5.91 Å². The highest BCUT2D eigenvalue weighted by molar-refractivity contribution is 8.14. The average molecular weight is 276 g/mol. The van der Waals surface area contributed by atoms with Crippen molar-refractivity contribution in [3.05, 3.63) is 18.6 Å². The molecule has 1 saturated heterocycles. The van der Waals surface area contributed by atoms with E-state index >= 15 is 0 Å². The summed E-state index contributed by atoms with van der Waals surface area (Å²) in [4.78, 5) is 36.1. The van der Waals surface area contributed by atoms with Crippen LogP contribution in [0.1, 0.15) is 13.3 Å². The minimum atomic E-state index is -0.0000463. The molecular weight excluding hydrogens is 264 g/mol. The molecular formula is C12H12N4O2S. The Morgan fingerprint density at radius 1 is 1.53 bits per heavy atom. The van der Waals surface area contributed by atoms with Crippen molar-refractivity contribution in [1.82, 2.24) is 15.0 Å². The van der Waals surface area contributed by atoms with E-state index in [1.54, 1.807) is 11.1 Å². The molecule has 0 bridgehead atoms. The van der Waals surface area contributed by atoms with E-state index in [1.807, 2.05) is 6.07 Å². The zero-order valence-corrected chi connectivity index (χ0v) is 11.1. The molecule has 6 nitrogen and oxygen atoms in total. The Labute approximate surface area is 113 Å². The minimum absolute atomic E-state index is 0.0000463. The van der Waals surface area contributed by atoms with E-state index in [0.29, 0.717) is 24.4 Å². The molecule has 3 rings (SSSR count). The molecule has 1 atom stereocenters. The molecule has 19 heavy (non-hydrogen) atoms. The number of carbonyl (C=O) groups excluding carboxylic acids is 2. The van der Waals surface area contributed by atoms with Crippen molar-refractivity contribution in [1.29, 1.82) is 0 Å². The number of thioether (sulfide) groups is 1. The molecule has 2 aromatic heterocycles. The van der Waals surface area contributed by atoms with Gasteiger partial charge >= 0.3 is 0 Å². The summed E-state index contributed by atoms with van der Waals surface area (Å²) in [6.07, 6.45) is 3.58. The fourth-order valence-corrected chi connectivity index (χ4v) is 3.19. The van der Waals surface area contributed by atoms with Crippen molar-refractivity contribution in [2.24, 2.45) is 0 Å².